The molecule has 1 heterocycles. The van der Waals surface area contributed by atoms with Gasteiger partial charge in [0.2, 0.25) is 0 Å². The molecule has 1 unspecified atom stereocenters. The van der Waals surface area contributed by atoms with E-state index in [1.165, 1.54) is 0 Å². The molecule has 3 nitrogen and oxygen atoms in total. The van der Waals surface area contributed by atoms with Crippen LogP contribution < -0.4 is 0 Å². The van der Waals surface area contributed by atoms with Gasteiger partial charge in [0, 0.05) is 17.4 Å². The molecule has 0 bridgehead atoms. The van der Waals surface area contributed by atoms with Crippen LogP contribution in [0.2, 0.25) is 5.02 Å². The number of hydrogen-bond acceptors (Lipinski definition) is 2. The summed E-state index contributed by atoms with van der Waals surface area (Å²) in [5.74, 6) is 0. The average Bonchev–Trinajstić information content (AvgIpc) is 2.73. The predicted molar refractivity (Wildman–Crippen MR) is 75.7 cm³/mol. The minimum atomic E-state index is -0.638. The molecule has 0 amide bonds. The lowest BCUT2D eigenvalue weighted by Gasteiger charge is -2.13. The fourth-order valence-electron chi connectivity index (χ4n) is 1.90. The van der Waals surface area contributed by atoms with Gasteiger partial charge in [-0.1, -0.05) is 39.7 Å². The number of hydrogen-bond donors (Lipinski definition) is 1. The molecule has 0 fully saturated rings. The Morgan fingerprint density at radius 1 is 1.39 bits per heavy atom. The van der Waals surface area contributed by atoms with Gasteiger partial charge in [-0.05, 0) is 24.6 Å². The van der Waals surface area contributed by atoms with Gasteiger partial charge in [0.05, 0.1) is 16.9 Å². The number of aromatic nitrogens is 2. The fraction of sp³-hybridized carbons (Fsp3) is 0.308. The molecule has 0 spiro atoms. The van der Waals surface area contributed by atoms with E-state index in [9.17, 15) is 5.11 Å². The van der Waals surface area contributed by atoms with Crippen molar-refractivity contribution in [3.05, 3.63) is 51.2 Å². The largest absolute Gasteiger partial charge is 0.386 e. The van der Waals surface area contributed by atoms with E-state index in [-0.39, 0.29) is 0 Å². The Kier molecular flexibility index (Phi) is 4.43. The van der Waals surface area contributed by atoms with Crippen LogP contribution in [0.3, 0.4) is 0 Å². The normalized spacial score (nSPS) is 12.7. The number of rotatable bonds is 4. The molecule has 1 aromatic carbocycles. The first kappa shape index (κ1) is 13.6. The molecule has 1 N–H and O–H groups in total. The van der Waals surface area contributed by atoms with Gasteiger partial charge in [0.15, 0.2) is 0 Å². The molecule has 2 aromatic rings. The maximum Gasteiger partial charge on any atom is 0.101 e. The minimum Gasteiger partial charge on any atom is -0.386 e. The number of aliphatic hydroxyl groups excluding tert-OH is 1. The van der Waals surface area contributed by atoms with Crippen molar-refractivity contribution in [2.45, 2.75) is 26.0 Å². The Morgan fingerprint density at radius 2 is 2.06 bits per heavy atom. The van der Waals surface area contributed by atoms with Gasteiger partial charge in [-0.2, -0.15) is 5.10 Å². The van der Waals surface area contributed by atoms with E-state index in [1.807, 2.05) is 31.2 Å². The van der Waals surface area contributed by atoms with Crippen molar-refractivity contribution in [3.8, 4) is 0 Å². The SMILES string of the molecule is CCn1ncc(Cl)c1C(O)Cc1ccc(Br)cc1. The van der Waals surface area contributed by atoms with Crippen LogP contribution >= 0.6 is 27.5 Å². The van der Waals surface area contributed by atoms with E-state index in [4.69, 9.17) is 11.6 Å². The van der Waals surface area contributed by atoms with Crippen LogP contribution in [-0.2, 0) is 13.0 Å². The summed E-state index contributed by atoms with van der Waals surface area (Å²) in [5.41, 5.74) is 1.74. The minimum absolute atomic E-state index is 0.515. The highest BCUT2D eigenvalue weighted by molar-refractivity contribution is 9.10. The van der Waals surface area contributed by atoms with Crippen LogP contribution in [-0.4, -0.2) is 14.9 Å². The molecule has 0 aliphatic carbocycles. The molecule has 0 aliphatic rings. The standard InChI is InChI=1S/C13H14BrClN2O/c1-2-17-13(11(15)8-16-17)12(18)7-9-3-5-10(14)6-4-9/h3-6,8,12,18H,2,7H2,1H3. The van der Waals surface area contributed by atoms with Crippen molar-refractivity contribution in [1.82, 2.24) is 9.78 Å². The third-order valence-electron chi connectivity index (χ3n) is 2.79. The van der Waals surface area contributed by atoms with Crippen LogP contribution in [0.15, 0.2) is 34.9 Å². The van der Waals surface area contributed by atoms with Crippen LogP contribution in [0, 0.1) is 0 Å². The summed E-state index contributed by atoms with van der Waals surface area (Å²) in [4.78, 5) is 0. The summed E-state index contributed by atoms with van der Waals surface area (Å²) in [7, 11) is 0. The van der Waals surface area contributed by atoms with E-state index in [0.29, 0.717) is 23.7 Å². The maximum absolute atomic E-state index is 10.3. The van der Waals surface area contributed by atoms with Crippen molar-refractivity contribution >= 4 is 27.5 Å². The average molecular weight is 330 g/mol. The lowest BCUT2D eigenvalue weighted by atomic mass is 10.1. The number of aryl methyl sites for hydroxylation is 1. The zero-order valence-electron chi connectivity index (χ0n) is 9.98. The van der Waals surface area contributed by atoms with Crippen LogP contribution in [0.5, 0.6) is 0 Å². The number of benzene rings is 1. The topological polar surface area (TPSA) is 38.0 Å². The van der Waals surface area contributed by atoms with Crippen molar-refractivity contribution in [2.75, 3.05) is 0 Å². The molecule has 18 heavy (non-hydrogen) atoms. The number of halogens is 2. The lowest BCUT2D eigenvalue weighted by Crippen LogP contribution is -2.10. The van der Waals surface area contributed by atoms with Gasteiger partial charge < -0.3 is 5.11 Å². The van der Waals surface area contributed by atoms with Crippen LogP contribution in [0.25, 0.3) is 0 Å². The molecule has 0 saturated heterocycles. The maximum atomic E-state index is 10.3. The molecule has 5 heteroatoms. The Bertz CT molecular complexity index is 524. The summed E-state index contributed by atoms with van der Waals surface area (Å²) in [6.45, 7) is 2.67. The van der Waals surface area contributed by atoms with E-state index in [0.717, 1.165) is 10.0 Å². The molecule has 96 valence electrons. The van der Waals surface area contributed by atoms with Crippen molar-refractivity contribution in [3.63, 3.8) is 0 Å². The molecule has 1 atom stereocenters. The quantitative estimate of drug-likeness (QED) is 0.931. The lowest BCUT2D eigenvalue weighted by molar-refractivity contribution is 0.167. The van der Waals surface area contributed by atoms with E-state index >= 15 is 0 Å². The summed E-state index contributed by atoms with van der Waals surface area (Å²) in [5, 5.41) is 14.9. The smallest absolute Gasteiger partial charge is 0.101 e. The fourth-order valence-corrected chi connectivity index (χ4v) is 2.43. The summed E-state index contributed by atoms with van der Waals surface area (Å²) in [6, 6.07) is 7.88. The van der Waals surface area contributed by atoms with Gasteiger partial charge in [0.1, 0.15) is 6.10 Å². The first-order chi connectivity index (χ1) is 8.61. The second-order valence-corrected chi connectivity index (χ2v) is 5.36. The third-order valence-corrected chi connectivity index (χ3v) is 3.61. The summed E-state index contributed by atoms with van der Waals surface area (Å²) in [6.07, 6.45) is 1.46. The predicted octanol–water partition coefficient (Wildman–Crippen LogP) is 3.60. The molecule has 0 aliphatic heterocycles. The molecule has 0 radical (unpaired) electrons. The van der Waals surface area contributed by atoms with Crippen molar-refractivity contribution in [2.24, 2.45) is 0 Å². The second-order valence-electron chi connectivity index (χ2n) is 4.04. The first-order valence-corrected chi connectivity index (χ1v) is 6.92. The Balaban J connectivity index is 2.18. The van der Waals surface area contributed by atoms with Gasteiger partial charge >= 0.3 is 0 Å². The Morgan fingerprint density at radius 3 is 2.67 bits per heavy atom. The van der Waals surface area contributed by atoms with Gasteiger partial charge in [-0.15, -0.1) is 0 Å². The number of nitrogens with zero attached hydrogens (tertiary/aromatic N) is 2. The van der Waals surface area contributed by atoms with Gasteiger partial charge in [0.25, 0.3) is 0 Å². The molecular formula is C13H14BrClN2O. The van der Waals surface area contributed by atoms with Crippen LogP contribution in [0.4, 0.5) is 0 Å². The monoisotopic (exact) mass is 328 g/mol. The molecule has 0 saturated carbocycles. The van der Waals surface area contributed by atoms with Crippen LogP contribution in [0.1, 0.15) is 24.3 Å². The highest BCUT2D eigenvalue weighted by Crippen LogP contribution is 2.26. The van der Waals surface area contributed by atoms with Gasteiger partial charge in [-0.3, -0.25) is 4.68 Å². The molecule has 1 aromatic heterocycles. The van der Waals surface area contributed by atoms with Gasteiger partial charge in [-0.25, -0.2) is 0 Å². The van der Waals surface area contributed by atoms with E-state index in [2.05, 4.69) is 21.0 Å². The van der Waals surface area contributed by atoms with E-state index in [1.54, 1.807) is 10.9 Å². The van der Waals surface area contributed by atoms with E-state index < -0.39 is 6.10 Å². The Hall–Kier alpha value is -0.840. The highest BCUT2D eigenvalue weighted by atomic mass is 79.9. The molecular weight excluding hydrogens is 316 g/mol. The number of aliphatic hydroxyl groups is 1. The highest BCUT2D eigenvalue weighted by Gasteiger charge is 2.17. The summed E-state index contributed by atoms with van der Waals surface area (Å²) >= 11 is 9.45. The Labute approximate surface area is 120 Å². The zero-order chi connectivity index (χ0) is 13.1. The molecule has 2 rings (SSSR count). The third kappa shape index (κ3) is 2.94. The first-order valence-electron chi connectivity index (χ1n) is 5.75. The second kappa shape index (κ2) is 5.87. The summed E-state index contributed by atoms with van der Waals surface area (Å²) < 4.78 is 2.75. The van der Waals surface area contributed by atoms with Crippen molar-refractivity contribution < 1.29 is 5.11 Å². The zero-order valence-corrected chi connectivity index (χ0v) is 12.3. The van der Waals surface area contributed by atoms with Crippen molar-refractivity contribution in [1.29, 1.82) is 0 Å².